The molecule has 3 heterocycles. The van der Waals surface area contributed by atoms with Crippen molar-refractivity contribution in [3.05, 3.63) is 0 Å². The third kappa shape index (κ3) is 3.33. The van der Waals surface area contributed by atoms with E-state index in [4.69, 9.17) is 4.21 Å². The SMILES string of the molecule is O=C(NC1CC[NH2+]C1)[C@@H]1CC[C@@H]2CN1C(=O)N2OO[O-].O=S. The van der Waals surface area contributed by atoms with Crippen LogP contribution in [0, 0.1) is 0 Å². The first-order chi connectivity index (χ1) is 10.7. The number of amides is 3. The van der Waals surface area contributed by atoms with Crippen LogP contribution in [0.4, 0.5) is 4.79 Å². The van der Waals surface area contributed by atoms with Crippen LogP contribution < -0.4 is 15.9 Å². The number of rotatable bonds is 4. The average molecular weight is 334 g/mol. The summed E-state index contributed by atoms with van der Waals surface area (Å²) in [7, 11) is 0. The summed E-state index contributed by atoms with van der Waals surface area (Å²) in [4.78, 5) is 30.1. The molecule has 0 aromatic heterocycles. The van der Waals surface area contributed by atoms with Crippen LogP contribution in [0.1, 0.15) is 19.3 Å². The predicted molar refractivity (Wildman–Crippen MR) is 69.3 cm³/mol. The van der Waals surface area contributed by atoms with Crippen molar-refractivity contribution < 1.29 is 34.4 Å². The molecule has 0 saturated carbocycles. The van der Waals surface area contributed by atoms with Crippen molar-refractivity contribution in [2.45, 2.75) is 37.4 Å². The van der Waals surface area contributed by atoms with E-state index >= 15 is 0 Å². The Morgan fingerprint density at radius 3 is 2.77 bits per heavy atom. The lowest BCUT2D eigenvalue weighted by atomic mass is 10.00. The van der Waals surface area contributed by atoms with Crippen molar-refractivity contribution in [3.8, 4) is 0 Å². The number of carbonyl (C=O) groups excluding carboxylic acids is 2. The van der Waals surface area contributed by atoms with E-state index in [0.717, 1.165) is 24.6 Å². The van der Waals surface area contributed by atoms with E-state index in [-0.39, 0.29) is 18.0 Å². The van der Waals surface area contributed by atoms with Crippen molar-refractivity contribution in [3.63, 3.8) is 0 Å². The van der Waals surface area contributed by atoms with Crippen LogP contribution in [0.15, 0.2) is 0 Å². The minimum Gasteiger partial charge on any atom is -0.690 e. The quantitative estimate of drug-likeness (QED) is 0.403. The molecule has 22 heavy (non-hydrogen) atoms. The van der Waals surface area contributed by atoms with Gasteiger partial charge in [0.05, 0.1) is 25.2 Å². The number of nitrogens with one attached hydrogen (secondary N) is 1. The van der Waals surface area contributed by atoms with Gasteiger partial charge in [0.15, 0.2) is 12.5 Å². The highest BCUT2D eigenvalue weighted by Gasteiger charge is 2.48. The molecule has 3 saturated heterocycles. The van der Waals surface area contributed by atoms with E-state index in [9.17, 15) is 14.8 Å². The number of piperidine rings is 1. The zero-order valence-corrected chi connectivity index (χ0v) is 12.6. The van der Waals surface area contributed by atoms with Gasteiger partial charge in [-0.1, -0.05) is 0 Å². The molecule has 0 aromatic carbocycles. The molecule has 3 N–H and O–H groups in total. The van der Waals surface area contributed by atoms with Gasteiger partial charge in [0.2, 0.25) is 5.91 Å². The molecule has 124 valence electrons. The highest BCUT2D eigenvalue weighted by Crippen LogP contribution is 2.30. The molecule has 0 radical (unpaired) electrons. The highest BCUT2D eigenvalue weighted by atomic mass is 32.1. The van der Waals surface area contributed by atoms with Gasteiger partial charge in [0, 0.05) is 13.0 Å². The standard InChI is InChI=1S/C11H18N4O5.OS/c16-10(13-7-3-4-12-5-7)9-2-1-8-6-14(9)11(17)15(8)19-20-18;1-2/h7-9,12,18H,1-6H2,(H,13,16);/t7?,8-,9+;/m1./s1. The first kappa shape index (κ1) is 17.0. The summed E-state index contributed by atoms with van der Waals surface area (Å²) >= 11 is 2.83. The number of fused-ring (bicyclic) bond motifs is 2. The van der Waals surface area contributed by atoms with Gasteiger partial charge in [-0.25, -0.2) is 4.79 Å². The largest absolute Gasteiger partial charge is 0.690 e. The first-order valence-electron chi connectivity index (χ1n) is 7.06. The zero-order valence-electron chi connectivity index (χ0n) is 11.8. The fourth-order valence-corrected chi connectivity index (χ4v) is 3.22. The topological polar surface area (TPSA) is 128 Å². The van der Waals surface area contributed by atoms with Crippen LogP contribution in [0.25, 0.3) is 0 Å². The summed E-state index contributed by atoms with van der Waals surface area (Å²) in [5, 5.41) is 19.4. The number of hydroxylamine groups is 2. The van der Waals surface area contributed by atoms with E-state index in [0.29, 0.717) is 19.4 Å². The molecular weight excluding hydrogens is 316 g/mol. The molecule has 10 nitrogen and oxygen atoms in total. The van der Waals surface area contributed by atoms with E-state index in [1.807, 2.05) is 0 Å². The molecule has 0 spiro atoms. The Balaban J connectivity index is 0.000000847. The molecule has 3 amide bonds. The number of hydrogen-bond donors (Lipinski definition) is 2. The molecule has 0 aromatic rings. The maximum atomic E-state index is 12.3. The summed E-state index contributed by atoms with van der Waals surface area (Å²) < 4.78 is 7.83. The Bertz CT molecular complexity index is 421. The lowest BCUT2D eigenvalue weighted by Gasteiger charge is -2.29. The average Bonchev–Trinajstić information content (AvgIpc) is 3.13. The van der Waals surface area contributed by atoms with Crippen LogP contribution in [0.5, 0.6) is 0 Å². The van der Waals surface area contributed by atoms with E-state index in [1.165, 1.54) is 4.90 Å². The lowest BCUT2D eigenvalue weighted by molar-refractivity contribution is -0.823. The molecule has 1 unspecified atom stereocenters. The third-order valence-corrected chi connectivity index (χ3v) is 4.25. The smallest absolute Gasteiger partial charge is 0.347 e. The second-order valence-corrected chi connectivity index (χ2v) is 5.46. The molecule has 3 aliphatic rings. The van der Waals surface area contributed by atoms with Gasteiger partial charge in [-0.05, 0) is 12.8 Å². The third-order valence-electron chi connectivity index (χ3n) is 4.25. The molecule has 0 aliphatic carbocycles. The Morgan fingerprint density at radius 2 is 2.14 bits per heavy atom. The number of urea groups is 1. The lowest BCUT2D eigenvalue weighted by Crippen LogP contribution is -2.82. The minimum atomic E-state index is -0.486. The van der Waals surface area contributed by atoms with Crippen molar-refractivity contribution >= 4 is 24.5 Å². The van der Waals surface area contributed by atoms with Gasteiger partial charge >= 0.3 is 6.03 Å². The fourth-order valence-electron chi connectivity index (χ4n) is 3.22. The first-order valence-corrected chi connectivity index (χ1v) is 7.39. The number of nitrogens with zero attached hydrogens (tertiary/aromatic N) is 2. The molecule has 3 rings (SSSR count). The Kier molecular flexibility index (Phi) is 5.97. The van der Waals surface area contributed by atoms with Crippen LogP contribution in [-0.4, -0.2) is 63.9 Å². The number of carbonyl (C=O) groups is 2. The normalized spacial score (nSPS) is 30.0. The van der Waals surface area contributed by atoms with Crippen LogP contribution in [0.3, 0.4) is 0 Å². The summed E-state index contributed by atoms with van der Waals surface area (Å²) in [5.41, 5.74) is 0. The molecular formula is C11H18N4O6S. The predicted octanol–water partition coefficient (Wildman–Crippen LogP) is -3.49. The van der Waals surface area contributed by atoms with Gasteiger partial charge in [-0.2, -0.15) is 9.27 Å². The van der Waals surface area contributed by atoms with Gasteiger partial charge < -0.3 is 20.8 Å². The van der Waals surface area contributed by atoms with Gasteiger partial charge in [0.1, 0.15) is 6.04 Å². The molecule has 3 fully saturated rings. The molecule has 3 aliphatic heterocycles. The monoisotopic (exact) mass is 334 g/mol. The van der Waals surface area contributed by atoms with Crippen molar-refractivity contribution in [2.24, 2.45) is 0 Å². The second-order valence-electron chi connectivity index (χ2n) is 5.46. The van der Waals surface area contributed by atoms with Gasteiger partial charge in [-0.15, -0.1) is 4.99 Å². The van der Waals surface area contributed by atoms with Crippen molar-refractivity contribution in [1.82, 2.24) is 15.3 Å². The minimum absolute atomic E-state index is 0.123. The molecule has 11 heteroatoms. The molecule has 3 atom stereocenters. The zero-order chi connectivity index (χ0) is 16.1. The number of quaternary nitrogens is 1. The van der Waals surface area contributed by atoms with Crippen LogP contribution in [-0.2, 0) is 27.4 Å². The maximum absolute atomic E-state index is 12.3. The summed E-state index contributed by atoms with van der Waals surface area (Å²) in [6, 6.07) is -1.02. The Morgan fingerprint density at radius 1 is 1.36 bits per heavy atom. The van der Waals surface area contributed by atoms with Gasteiger partial charge in [-0.3, -0.25) is 9.83 Å². The van der Waals surface area contributed by atoms with Crippen molar-refractivity contribution in [1.29, 1.82) is 0 Å². The summed E-state index contributed by atoms with van der Waals surface area (Å²) in [5.74, 6) is -0.123. The Hall–Kier alpha value is -1.40. The highest BCUT2D eigenvalue weighted by molar-refractivity contribution is 7.44. The number of hydrogen-bond acceptors (Lipinski definition) is 7. The summed E-state index contributed by atoms with van der Waals surface area (Å²) in [6.07, 6.45) is 2.13. The fraction of sp³-hybridized carbons (Fsp3) is 0.818. The molecule has 2 bridgehead atoms. The van der Waals surface area contributed by atoms with Crippen molar-refractivity contribution in [2.75, 3.05) is 19.6 Å². The van der Waals surface area contributed by atoms with Crippen LogP contribution in [0.2, 0.25) is 0 Å². The van der Waals surface area contributed by atoms with Crippen LogP contribution >= 0.6 is 0 Å². The number of nitrogens with two attached hydrogens (primary N) is 1. The maximum Gasteiger partial charge on any atom is 0.347 e. The van der Waals surface area contributed by atoms with E-state index in [2.05, 4.69) is 33.2 Å². The van der Waals surface area contributed by atoms with Gasteiger partial charge in [0.25, 0.3) is 0 Å². The Labute approximate surface area is 132 Å². The summed E-state index contributed by atoms with van der Waals surface area (Å²) in [6.45, 7) is 2.29. The van der Waals surface area contributed by atoms with E-state index in [1.54, 1.807) is 0 Å². The second kappa shape index (κ2) is 7.74. The van der Waals surface area contributed by atoms with E-state index < -0.39 is 12.1 Å².